The number of hydrogen-bond acceptors (Lipinski definition) is 4. The fraction of sp³-hybridized carbons (Fsp3) is 1.00. The summed E-state index contributed by atoms with van der Waals surface area (Å²) < 4.78 is 16.0. The molecule has 0 aromatic heterocycles. The minimum atomic E-state index is -0.792. The Morgan fingerprint density at radius 1 is 1.58 bits per heavy atom. The summed E-state index contributed by atoms with van der Waals surface area (Å²) in [5.74, 6) is -0.792. The Kier molecular flexibility index (Phi) is 1.88. The molecule has 4 atom stereocenters. The van der Waals surface area contributed by atoms with Gasteiger partial charge >= 0.3 is 0 Å². The van der Waals surface area contributed by atoms with Crippen LogP contribution in [0.25, 0.3) is 0 Å². The van der Waals surface area contributed by atoms with E-state index in [0.29, 0.717) is 13.0 Å². The quantitative estimate of drug-likeness (QED) is 0.603. The molecule has 0 saturated carbocycles. The van der Waals surface area contributed by atoms with Gasteiger partial charge in [0.2, 0.25) is 0 Å². The fourth-order valence-electron chi connectivity index (χ4n) is 1.81. The zero-order chi connectivity index (χ0) is 8.77. The van der Waals surface area contributed by atoms with Crippen LogP contribution in [0.15, 0.2) is 0 Å². The molecule has 2 bridgehead atoms. The fourth-order valence-corrected chi connectivity index (χ4v) is 1.81. The number of hydrogen-bond donors (Lipinski definition) is 1. The van der Waals surface area contributed by atoms with Gasteiger partial charge in [-0.2, -0.15) is 0 Å². The van der Waals surface area contributed by atoms with E-state index >= 15 is 0 Å². The Morgan fingerprint density at radius 3 is 3.00 bits per heavy atom. The lowest BCUT2D eigenvalue weighted by molar-refractivity contribution is -0.254. The lowest BCUT2D eigenvalue weighted by Gasteiger charge is -2.36. The molecule has 2 aliphatic rings. The number of rotatable bonds is 1. The van der Waals surface area contributed by atoms with Crippen molar-refractivity contribution in [1.29, 1.82) is 0 Å². The first kappa shape index (κ1) is 8.44. The monoisotopic (exact) mass is 174 g/mol. The van der Waals surface area contributed by atoms with Gasteiger partial charge in [0.1, 0.15) is 12.2 Å². The summed E-state index contributed by atoms with van der Waals surface area (Å²) in [7, 11) is 1.63. The number of ether oxygens (including phenoxy) is 3. The van der Waals surface area contributed by atoms with Crippen molar-refractivity contribution in [2.24, 2.45) is 0 Å². The molecule has 4 nitrogen and oxygen atoms in total. The summed E-state index contributed by atoms with van der Waals surface area (Å²) in [6, 6.07) is 0. The lowest BCUT2D eigenvalue weighted by atomic mass is 9.99. The van der Waals surface area contributed by atoms with Gasteiger partial charge in [0, 0.05) is 13.5 Å². The van der Waals surface area contributed by atoms with E-state index in [4.69, 9.17) is 14.2 Å². The first-order chi connectivity index (χ1) is 5.65. The normalized spacial score (nSPS) is 52.8. The van der Waals surface area contributed by atoms with Crippen LogP contribution in [0, 0.1) is 0 Å². The zero-order valence-corrected chi connectivity index (χ0v) is 7.32. The second-order valence-corrected chi connectivity index (χ2v) is 3.51. The maximum absolute atomic E-state index is 9.63. The molecule has 1 N–H and O–H groups in total. The van der Waals surface area contributed by atoms with Crippen molar-refractivity contribution in [1.82, 2.24) is 0 Å². The highest BCUT2D eigenvalue weighted by Gasteiger charge is 2.51. The molecule has 0 aromatic carbocycles. The molecule has 4 heteroatoms. The van der Waals surface area contributed by atoms with Crippen LogP contribution in [0.5, 0.6) is 0 Å². The largest absolute Gasteiger partial charge is 0.387 e. The Morgan fingerprint density at radius 2 is 2.33 bits per heavy atom. The van der Waals surface area contributed by atoms with E-state index < -0.39 is 11.9 Å². The topological polar surface area (TPSA) is 47.9 Å². The van der Waals surface area contributed by atoms with E-state index in [1.807, 2.05) is 0 Å². The number of fused-ring (bicyclic) bond motifs is 2. The molecule has 0 aromatic rings. The standard InChI is InChI=1S/C8H14O4/c1-8-7(9)3-5(10-2)6(12-8)4-11-8/h5-7,9H,3-4H2,1-2H3/t5-,6+,7+,8+/m0/s1. The van der Waals surface area contributed by atoms with Crippen molar-refractivity contribution >= 4 is 0 Å². The molecule has 2 aliphatic heterocycles. The molecular weight excluding hydrogens is 160 g/mol. The molecule has 2 heterocycles. The van der Waals surface area contributed by atoms with Crippen LogP contribution in [0.3, 0.4) is 0 Å². The summed E-state index contributed by atoms with van der Waals surface area (Å²) in [4.78, 5) is 0. The van der Waals surface area contributed by atoms with Crippen LogP contribution in [-0.2, 0) is 14.2 Å². The predicted octanol–water partition coefficient (Wildman–Crippen LogP) is -0.102. The van der Waals surface area contributed by atoms with E-state index in [0.717, 1.165) is 0 Å². The third kappa shape index (κ3) is 1.07. The molecular formula is C8H14O4. The van der Waals surface area contributed by atoms with Crippen LogP contribution in [-0.4, -0.2) is 42.9 Å². The van der Waals surface area contributed by atoms with Crippen molar-refractivity contribution in [3.05, 3.63) is 0 Å². The van der Waals surface area contributed by atoms with Crippen LogP contribution in [0.1, 0.15) is 13.3 Å². The third-order valence-electron chi connectivity index (χ3n) is 2.70. The maximum Gasteiger partial charge on any atom is 0.192 e. The lowest BCUT2D eigenvalue weighted by Crippen LogP contribution is -2.49. The molecule has 70 valence electrons. The Labute approximate surface area is 71.4 Å². The van der Waals surface area contributed by atoms with Crippen molar-refractivity contribution in [2.45, 2.75) is 37.4 Å². The molecule has 2 fully saturated rings. The van der Waals surface area contributed by atoms with Crippen LogP contribution in [0.2, 0.25) is 0 Å². The van der Waals surface area contributed by atoms with Crippen molar-refractivity contribution in [3.8, 4) is 0 Å². The molecule has 2 rings (SSSR count). The van der Waals surface area contributed by atoms with Crippen LogP contribution < -0.4 is 0 Å². The Balaban J connectivity index is 2.14. The van der Waals surface area contributed by atoms with Gasteiger partial charge in [-0.1, -0.05) is 0 Å². The molecule has 2 saturated heterocycles. The molecule has 0 spiro atoms. The molecule has 0 amide bonds. The van der Waals surface area contributed by atoms with Gasteiger partial charge in [-0.25, -0.2) is 0 Å². The van der Waals surface area contributed by atoms with E-state index in [1.54, 1.807) is 14.0 Å². The third-order valence-corrected chi connectivity index (χ3v) is 2.70. The van der Waals surface area contributed by atoms with Gasteiger partial charge in [-0.3, -0.25) is 0 Å². The van der Waals surface area contributed by atoms with Gasteiger partial charge in [-0.05, 0) is 6.92 Å². The van der Waals surface area contributed by atoms with Gasteiger partial charge in [0.15, 0.2) is 5.79 Å². The van der Waals surface area contributed by atoms with Crippen molar-refractivity contribution < 1.29 is 19.3 Å². The first-order valence-corrected chi connectivity index (χ1v) is 4.18. The van der Waals surface area contributed by atoms with E-state index in [-0.39, 0.29) is 12.2 Å². The molecule has 12 heavy (non-hydrogen) atoms. The molecule has 0 aliphatic carbocycles. The van der Waals surface area contributed by atoms with Crippen LogP contribution in [0.4, 0.5) is 0 Å². The van der Waals surface area contributed by atoms with Crippen molar-refractivity contribution in [2.75, 3.05) is 13.7 Å². The Bertz CT molecular complexity index is 184. The second-order valence-electron chi connectivity index (χ2n) is 3.51. The summed E-state index contributed by atoms with van der Waals surface area (Å²) in [6.07, 6.45) is -0.0299. The van der Waals surface area contributed by atoms with Gasteiger partial charge in [0.05, 0.1) is 12.7 Å². The van der Waals surface area contributed by atoms with Gasteiger partial charge in [-0.15, -0.1) is 0 Å². The number of aliphatic hydroxyl groups excluding tert-OH is 1. The van der Waals surface area contributed by atoms with Gasteiger partial charge in [0.25, 0.3) is 0 Å². The highest BCUT2D eigenvalue weighted by molar-refractivity contribution is 4.93. The predicted molar refractivity (Wildman–Crippen MR) is 40.7 cm³/mol. The van der Waals surface area contributed by atoms with Crippen LogP contribution >= 0.6 is 0 Å². The summed E-state index contributed by atoms with van der Waals surface area (Å²) in [5, 5.41) is 9.63. The SMILES string of the molecule is CO[C@H]1C[C@@H](O)[C@]2(C)OC[C@H]1O2. The molecule has 0 unspecified atom stereocenters. The number of methoxy groups -OCH3 is 1. The highest BCUT2D eigenvalue weighted by Crippen LogP contribution is 2.37. The van der Waals surface area contributed by atoms with E-state index in [9.17, 15) is 5.11 Å². The highest BCUT2D eigenvalue weighted by atomic mass is 16.8. The Hall–Kier alpha value is -0.160. The van der Waals surface area contributed by atoms with E-state index in [2.05, 4.69) is 0 Å². The smallest absolute Gasteiger partial charge is 0.192 e. The second kappa shape index (κ2) is 2.67. The minimum absolute atomic E-state index is 0.0107. The summed E-state index contributed by atoms with van der Waals surface area (Å²) >= 11 is 0. The van der Waals surface area contributed by atoms with E-state index in [1.165, 1.54) is 0 Å². The average molecular weight is 174 g/mol. The summed E-state index contributed by atoms with van der Waals surface area (Å²) in [5.41, 5.74) is 0. The van der Waals surface area contributed by atoms with Gasteiger partial charge < -0.3 is 19.3 Å². The zero-order valence-electron chi connectivity index (χ0n) is 7.32. The summed E-state index contributed by atoms with van der Waals surface area (Å²) in [6.45, 7) is 2.29. The maximum atomic E-state index is 9.63. The first-order valence-electron chi connectivity index (χ1n) is 4.18. The minimum Gasteiger partial charge on any atom is -0.387 e. The molecule has 0 radical (unpaired) electrons. The number of aliphatic hydroxyl groups is 1. The average Bonchev–Trinajstić information content (AvgIpc) is 2.39. The van der Waals surface area contributed by atoms with Crippen molar-refractivity contribution in [3.63, 3.8) is 0 Å².